The third-order valence-electron chi connectivity index (χ3n) is 2.71. The molecule has 3 nitrogen and oxygen atoms in total. The zero-order valence-corrected chi connectivity index (χ0v) is 12.1. The van der Waals surface area contributed by atoms with Gasteiger partial charge in [0.25, 0.3) is 0 Å². The number of aromatic nitrogens is 1. The highest BCUT2D eigenvalue weighted by Gasteiger charge is 2.08. The summed E-state index contributed by atoms with van der Waals surface area (Å²) in [7, 11) is 0. The van der Waals surface area contributed by atoms with Gasteiger partial charge >= 0.3 is 0 Å². The van der Waals surface area contributed by atoms with Crippen LogP contribution in [0.1, 0.15) is 45.7 Å². The van der Waals surface area contributed by atoms with E-state index in [1.54, 1.807) is 11.3 Å². The van der Waals surface area contributed by atoms with Crippen LogP contribution in [0, 0.1) is 0 Å². The second-order valence-corrected chi connectivity index (χ2v) is 5.07. The van der Waals surface area contributed by atoms with Gasteiger partial charge in [0, 0.05) is 25.0 Å². The minimum absolute atomic E-state index is 0.898. The highest BCUT2D eigenvalue weighted by molar-refractivity contribution is 7.13. The van der Waals surface area contributed by atoms with Gasteiger partial charge in [-0.1, -0.05) is 20.3 Å². The van der Waals surface area contributed by atoms with Crippen molar-refractivity contribution in [3.63, 3.8) is 0 Å². The largest absolute Gasteiger partial charge is 0.348 e. The lowest BCUT2D eigenvalue weighted by Crippen LogP contribution is -2.23. The number of hydrogen-bond acceptors (Lipinski definition) is 4. The van der Waals surface area contributed by atoms with Crippen molar-refractivity contribution in [1.29, 1.82) is 0 Å². The van der Waals surface area contributed by atoms with Crippen molar-refractivity contribution >= 4 is 16.5 Å². The van der Waals surface area contributed by atoms with Gasteiger partial charge in [-0.15, -0.1) is 11.3 Å². The molecule has 0 bridgehead atoms. The Morgan fingerprint density at radius 2 is 2.12 bits per heavy atom. The molecule has 1 heterocycles. The maximum Gasteiger partial charge on any atom is 0.185 e. The summed E-state index contributed by atoms with van der Waals surface area (Å²) < 4.78 is 0. The van der Waals surface area contributed by atoms with Crippen molar-refractivity contribution in [3.05, 3.63) is 11.1 Å². The molecule has 1 aromatic rings. The molecule has 0 unspecified atom stereocenters. The minimum Gasteiger partial charge on any atom is -0.348 e. The van der Waals surface area contributed by atoms with Gasteiger partial charge in [-0.2, -0.15) is 0 Å². The molecular formula is C13H25N3S. The second kappa shape index (κ2) is 8.48. The standard InChI is InChI=1S/C13H25N3S/c1-4-7-9-16(6-3)13-15-12(11-17-13)10-14-8-5-2/h11,14H,4-10H2,1-3H3. The van der Waals surface area contributed by atoms with Gasteiger partial charge in [0.1, 0.15) is 0 Å². The molecule has 0 aliphatic carbocycles. The van der Waals surface area contributed by atoms with Crippen molar-refractivity contribution in [2.45, 2.75) is 46.6 Å². The summed E-state index contributed by atoms with van der Waals surface area (Å²) in [6.07, 6.45) is 3.66. The van der Waals surface area contributed by atoms with E-state index in [0.717, 1.165) is 26.2 Å². The van der Waals surface area contributed by atoms with Gasteiger partial charge in [0.15, 0.2) is 5.13 Å². The van der Waals surface area contributed by atoms with Gasteiger partial charge in [0.05, 0.1) is 5.69 Å². The summed E-state index contributed by atoms with van der Waals surface area (Å²) in [6.45, 7) is 10.8. The first-order chi connectivity index (χ1) is 8.31. The molecule has 1 aromatic heterocycles. The van der Waals surface area contributed by atoms with Gasteiger partial charge in [-0.25, -0.2) is 4.98 Å². The van der Waals surface area contributed by atoms with E-state index >= 15 is 0 Å². The number of hydrogen-bond donors (Lipinski definition) is 1. The summed E-state index contributed by atoms with van der Waals surface area (Å²) in [5.74, 6) is 0. The molecule has 0 aromatic carbocycles. The van der Waals surface area contributed by atoms with Gasteiger partial charge in [-0.3, -0.25) is 0 Å². The van der Waals surface area contributed by atoms with Gasteiger partial charge in [0.2, 0.25) is 0 Å². The van der Waals surface area contributed by atoms with Crippen molar-refractivity contribution in [2.24, 2.45) is 0 Å². The Labute approximate surface area is 109 Å². The Hall–Kier alpha value is -0.610. The SMILES string of the molecule is CCCCN(CC)c1nc(CNCCC)cs1. The third kappa shape index (κ3) is 5.04. The zero-order chi connectivity index (χ0) is 12.5. The fraction of sp³-hybridized carbons (Fsp3) is 0.769. The van der Waals surface area contributed by atoms with Crippen LogP contribution in [-0.4, -0.2) is 24.6 Å². The molecule has 98 valence electrons. The number of nitrogens with one attached hydrogen (secondary N) is 1. The Morgan fingerprint density at radius 3 is 2.76 bits per heavy atom. The molecule has 1 N–H and O–H groups in total. The van der Waals surface area contributed by atoms with Crippen LogP contribution in [-0.2, 0) is 6.54 Å². The fourth-order valence-corrected chi connectivity index (χ4v) is 2.57. The predicted molar refractivity (Wildman–Crippen MR) is 76.9 cm³/mol. The quantitative estimate of drug-likeness (QED) is 0.686. The maximum atomic E-state index is 4.69. The molecule has 0 spiro atoms. The van der Waals surface area contributed by atoms with E-state index in [4.69, 9.17) is 0 Å². The third-order valence-corrected chi connectivity index (χ3v) is 3.66. The molecule has 1 rings (SSSR count). The molecule has 4 heteroatoms. The van der Waals surface area contributed by atoms with Crippen molar-refractivity contribution in [3.8, 4) is 0 Å². The maximum absolute atomic E-state index is 4.69. The summed E-state index contributed by atoms with van der Waals surface area (Å²) in [4.78, 5) is 7.06. The first-order valence-electron chi connectivity index (χ1n) is 6.71. The minimum atomic E-state index is 0.898. The van der Waals surface area contributed by atoms with Crippen LogP contribution in [0.4, 0.5) is 5.13 Å². The normalized spacial score (nSPS) is 10.8. The lowest BCUT2D eigenvalue weighted by molar-refractivity contribution is 0.664. The lowest BCUT2D eigenvalue weighted by Gasteiger charge is -2.19. The van der Waals surface area contributed by atoms with Crippen molar-refractivity contribution in [1.82, 2.24) is 10.3 Å². The number of rotatable bonds is 9. The average Bonchev–Trinajstić information content (AvgIpc) is 2.79. The van der Waals surface area contributed by atoms with E-state index in [2.05, 4.69) is 41.4 Å². The Kier molecular flexibility index (Phi) is 7.21. The molecular weight excluding hydrogens is 230 g/mol. The first-order valence-corrected chi connectivity index (χ1v) is 7.59. The van der Waals surface area contributed by atoms with Crippen LogP contribution < -0.4 is 10.2 Å². The van der Waals surface area contributed by atoms with Crippen LogP contribution in [0.3, 0.4) is 0 Å². The van der Waals surface area contributed by atoms with E-state index in [1.165, 1.54) is 30.1 Å². The van der Waals surface area contributed by atoms with Gasteiger partial charge in [-0.05, 0) is 26.3 Å². The molecule has 0 saturated carbocycles. The Bertz CT molecular complexity index is 299. The zero-order valence-electron chi connectivity index (χ0n) is 11.3. The molecule has 0 aliphatic heterocycles. The van der Waals surface area contributed by atoms with E-state index < -0.39 is 0 Å². The summed E-state index contributed by atoms with van der Waals surface area (Å²) in [5.41, 5.74) is 1.17. The monoisotopic (exact) mass is 255 g/mol. The van der Waals surface area contributed by atoms with E-state index in [0.29, 0.717) is 0 Å². The number of unbranched alkanes of at least 4 members (excludes halogenated alkanes) is 1. The summed E-state index contributed by atoms with van der Waals surface area (Å²) in [5, 5.41) is 6.74. The predicted octanol–water partition coefficient (Wildman–Crippen LogP) is 3.27. The average molecular weight is 255 g/mol. The van der Waals surface area contributed by atoms with Crippen molar-refractivity contribution < 1.29 is 0 Å². The van der Waals surface area contributed by atoms with Gasteiger partial charge < -0.3 is 10.2 Å². The van der Waals surface area contributed by atoms with Crippen LogP contribution in [0.5, 0.6) is 0 Å². The molecule has 0 amide bonds. The highest BCUT2D eigenvalue weighted by atomic mass is 32.1. The lowest BCUT2D eigenvalue weighted by atomic mass is 10.3. The molecule has 0 aliphatic rings. The van der Waals surface area contributed by atoms with E-state index in [1.807, 2.05) is 0 Å². The Balaban J connectivity index is 2.46. The number of nitrogens with zero attached hydrogens (tertiary/aromatic N) is 2. The number of anilines is 1. The highest BCUT2D eigenvalue weighted by Crippen LogP contribution is 2.20. The van der Waals surface area contributed by atoms with E-state index in [-0.39, 0.29) is 0 Å². The van der Waals surface area contributed by atoms with Crippen LogP contribution in [0.2, 0.25) is 0 Å². The van der Waals surface area contributed by atoms with Crippen LogP contribution >= 0.6 is 11.3 Å². The molecule has 0 saturated heterocycles. The smallest absolute Gasteiger partial charge is 0.185 e. The molecule has 0 atom stereocenters. The summed E-state index contributed by atoms with van der Waals surface area (Å²) in [6, 6.07) is 0. The van der Waals surface area contributed by atoms with Crippen LogP contribution in [0.25, 0.3) is 0 Å². The van der Waals surface area contributed by atoms with Crippen LogP contribution in [0.15, 0.2) is 5.38 Å². The molecule has 0 fully saturated rings. The number of thiazole rings is 1. The van der Waals surface area contributed by atoms with E-state index in [9.17, 15) is 0 Å². The first kappa shape index (κ1) is 14.5. The second-order valence-electron chi connectivity index (χ2n) is 4.23. The topological polar surface area (TPSA) is 28.2 Å². The van der Waals surface area contributed by atoms with Crippen molar-refractivity contribution in [2.75, 3.05) is 24.5 Å². The Morgan fingerprint density at radius 1 is 1.29 bits per heavy atom. The summed E-state index contributed by atoms with van der Waals surface area (Å²) >= 11 is 1.77. The fourth-order valence-electron chi connectivity index (χ4n) is 1.65. The molecule has 0 radical (unpaired) electrons. The molecule has 17 heavy (non-hydrogen) atoms.